The van der Waals surface area contributed by atoms with E-state index in [2.05, 4.69) is 20.4 Å². The Bertz CT molecular complexity index is 1990. The second kappa shape index (κ2) is 11.4. The highest BCUT2D eigenvalue weighted by molar-refractivity contribution is 7.89. The molecule has 0 radical (unpaired) electrons. The maximum atomic E-state index is 14.1. The number of carbonyl (C=O) groups excluding carboxylic acids is 1. The van der Waals surface area contributed by atoms with Crippen LogP contribution >= 0.6 is 0 Å². The lowest BCUT2D eigenvalue weighted by Gasteiger charge is -2.43. The molecule has 2 aromatic carbocycles. The first-order valence-electron chi connectivity index (χ1n) is 14.1. The van der Waals surface area contributed by atoms with Gasteiger partial charge in [-0.15, -0.1) is 0 Å². The number of nitrogens with zero attached hydrogens (tertiary/aromatic N) is 6. The maximum absolute atomic E-state index is 14.1. The number of hydrogen-bond donors (Lipinski definition) is 2. The number of carbonyl (C=O) groups is 1. The van der Waals surface area contributed by atoms with E-state index in [1.165, 1.54) is 50.2 Å². The summed E-state index contributed by atoms with van der Waals surface area (Å²) < 4.78 is 64.7. The highest BCUT2D eigenvalue weighted by Gasteiger charge is 2.46. The summed E-state index contributed by atoms with van der Waals surface area (Å²) in [5.74, 6) is -2.34. The first-order valence-corrected chi connectivity index (χ1v) is 15.5. The molecule has 1 saturated heterocycles. The molecule has 2 aliphatic heterocycles. The quantitative estimate of drug-likeness (QED) is 0.321. The minimum atomic E-state index is -4.03. The number of halogens is 2. The van der Waals surface area contributed by atoms with Gasteiger partial charge in [0.25, 0.3) is 11.5 Å². The molecule has 0 saturated carbocycles. The predicted molar refractivity (Wildman–Crippen MR) is 154 cm³/mol. The predicted octanol–water partition coefficient (Wildman–Crippen LogP) is 2.06. The fourth-order valence-corrected chi connectivity index (χ4v) is 7.40. The molecule has 1 fully saturated rings. The summed E-state index contributed by atoms with van der Waals surface area (Å²) in [5, 5.41) is 17.5. The summed E-state index contributed by atoms with van der Waals surface area (Å²) in [4.78, 5) is 34.9. The number of hydrogen-bond acceptors (Lipinski definition) is 9. The molecule has 0 atom stereocenters. The third-order valence-corrected chi connectivity index (χ3v) is 10.1. The van der Waals surface area contributed by atoms with Gasteiger partial charge in [0.05, 0.1) is 23.7 Å². The summed E-state index contributed by atoms with van der Waals surface area (Å²) in [6, 6.07) is 7.50. The summed E-state index contributed by atoms with van der Waals surface area (Å²) in [6.07, 6.45) is 1.59. The molecule has 2 N–H and O–H groups in total. The van der Waals surface area contributed by atoms with Crippen LogP contribution in [0.5, 0.6) is 5.75 Å². The SMILES string of the molecule is Cc1ncn(-c2cc(F)ccc2CNC(=O)c2nc3n(c(=O)c2O)CCOC32CCN(S(=O)(=O)c3cc(F)ccc3C)CC2)n1. The first-order chi connectivity index (χ1) is 21.4. The van der Waals surface area contributed by atoms with Crippen molar-refractivity contribution in [3.63, 3.8) is 0 Å². The van der Waals surface area contributed by atoms with Crippen LogP contribution in [0.3, 0.4) is 0 Å². The van der Waals surface area contributed by atoms with Crippen molar-refractivity contribution in [2.45, 2.75) is 50.3 Å². The Hall–Kier alpha value is -4.54. The molecule has 4 aromatic rings. The molecule has 1 spiro atoms. The third kappa shape index (κ3) is 5.49. The van der Waals surface area contributed by atoms with Crippen molar-refractivity contribution >= 4 is 15.9 Å². The van der Waals surface area contributed by atoms with Gasteiger partial charge >= 0.3 is 0 Å². The molecule has 4 heterocycles. The van der Waals surface area contributed by atoms with Gasteiger partial charge in [-0.25, -0.2) is 31.8 Å². The molecule has 0 aliphatic carbocycles. The number of rotatable bonds is 6. The van der Waals surface area contributed by atoms with Crippen molar-refractivity contribution in [2.24, 2.45) is 0 Å². The molecule has 0 bridgehead atoms. The van der Waals surface area contributed by atoms with E-state index in [9.17, 15) is 31.9 Å². The van der Waals surface area contributed by atoms with Gasteiger partial charge in [-0.3, -0.25) is 14.2 Å². The van der Waals surface area contributed by atoms with Crippen LogP contribution in [0, 0.1) is 25.5 Å². The molecular weight excluding hydrogens is 612 g/mol. The van der Waals surface area contributed by atoms with Crippen molar-refractivity contribution in [1.82, 2.24) is 33.9 Å². The number of benzene rings is 2. The van der Waals surface area contributed by atoms with E-state index in [1.54, 1.807) is 13.8 Å². The Morgan fingerprint density at radius 1 is 1.09 bits per heavy atom. The number of fused-ring (bicyclic) bond motifs is 2. The minimum Gasteiger partial charge on any atom is -0.501 e. The number of sulfonamides is 1. The molecule has 6 rings (SSSR count). The number of aryl methyl sites for hydroxylation is 2. The lowest BCUT2D eigenvalue weighted by Crippen LogP contribution is -2.52. The standard InChI is InChI=1S/C29H29F2N7O6S/c1-17-3-5-21(31)14-23(17)45(42,43)36-9-7-29(8-10-36)28-34-24(25(39)27(41)37(28)11-12-44-29)26(40)32-15-19-4-6-20(30)13-22(19)38-16-33-18(2)35-38/h3-6,13-14,16,39H,7-12,15H2,1-2H3,(H,32,40). The lowest BCUT2D eigenvalue weighted by molar-refractivity contribution is -0.110. The summed E-state index contributed by atoms with van der Waals surface area (Å²) in [6.45, 7) is 3.26. The summed E-state index contributed by atoms with van der Waals surface area (Å²) in [7, 11) is -4.03. The molecule has 1 amide bonds. The monoisotopic (exact) mass is 641 g/mol. The van der Waals surface area contributed by atoms with E-state index >= 15 is 0 Å². The van der Waals surface area contributed by atoms with Gasteiger partial charge in [0, 0.05) is 19.6 Å². The summed E-state index contributed by atoms with van der Waals surface area (Å²) in [5.41, 5.74) is -1.36. The normalized spacial score (nSPS) is 16.4. The maximum Gasteiger partial charge on any atom is 0.296 e. The van der Waals surface area contributed by atoms with Gasteiger partial charge < -0.3 is 15.2 Å². The Morgan fingerprint density at radius 3 is 2.51 bits per heavy atom. The first kappa shape index (κ1) is 30.5. The van der Waals surface area contributed by atoms with E-state index in [4.69, 9.17) is 4.74 Å². The van der Waals surface area contributed by atoms with Crippen LogP contribution in [0.1, 0.15) is 46.1 Å². The minimum absolute atomic E-state index is 0.0222. The van der Waals surface area contributed by atoms with Crippen LogP contribution in [0.15, 0.2) is 52.4 Å². The van der Waals surface area contributed by atoms with E-state index in [1.807, 2.05) is 0 Å². The number of nitrogens with one attached hydrogen (secondary N) is 1. The van der Waals surface area contributed by atoms with E-state index in [0.29, 0.717) is 22.6 Å². The smallest absolute Gasteiger partial charge is 0.296 e. The van der Waals surface area contributed by atoms with Crippen molar-refractivity contribution in [1.29, 1.82) is 0 Å². The van der Waals surface area contributed by atoms with Gasteiger partial charge in [0.2, 0.25) is 15.8 Å². The van der Waals surface area contributed by atoms with Crippen LogP contribution in [-0.2, 0) is 33.5 Å². The molecule has 236 valence electrons. The van der Waals surface area contributed by atoms with Gasteiger partial charge in [0.1, 0.15) is 35.2 Å². The molecular formula is C29H29F2N7O6S. The second-order valence-corrected chi connectivity index (χ2v) is 12.8. The van der Waals surface area contributed by atoms with Gasteiger partial charge in [-0.2, -0.15) is 9.40 Å². The zero-order valence-corrected chi connectivity index (χ0v) is 25.1. The van der Waals surface area contributed by atoms with Crippen LogP contribution in [0.25, 0.3) is 5.69 Å². The van der Waals surface area contributed by atoms with E-state index < -0.39 is 50.2 Å². The number of aromatic hydroxyl groups is 1. The topological polar surface area (TPSA) is 162 Å². The van der Waals surface area contributed by atoms with E-state index in [-0.39, 0.29) is 56.3 Å². The molecule has 2 aliphatic rings. The average Bonchev–Trinajstić information content (AvgIpc) is 3.45. The fraction of sp³-hybridized carbons (Fsp3) is 0.345. The number of piperidine rings is 1. The molecule has 13 nitrogen and oxygen atoms in total. The lowest BCUT2D eigenvalue weighted by atomic mass is 9.89. The van der Waals surface area contributed by atoms with Gasteiger partial charge in [-0.1, -0.05) is 12.1 Å². The van der Waals surface area contributed by atoms with Crippen molar-refractivity contribution in [2.75, 3.05) is 19.7 Å². The Balaban J connectivity index is 1.26. The number of amides is 1. The number of aromatic nitrogens is 5. The largest absolute Gasteiger partial charge is 0.501 e. The van der Waals surface area contributed by atoms with Crippen LogP contribution < -0.4 is 10.9 Å². The zero-order valence-electron chi connectivity index (χ0n) is 24.3. The molecule has 2 aromatic heterocycles. The van der Waals surface area contributed by atoms with Gasteiger partial charge in [-0.05, 0) is 62.1 Å². The number of ether oxygens (including phenoxy) is 1. The Morgan fingerprint density at radius 2 is 1.80 bits per heavy atom. The second-order valence-electron chi connectivity index (χ2n) is 10.9. The van der Waals surface area contributed by atoms with Crippen LogP contribution in [-0.4, -0.2) is 67.7 Å². The Kier molecular flexibility index (Phi) is 7.74. The average molecular weight is 642 g/mol. The highest BCUT2D eigenvalue weighted by Crippen LogP contribution is 2.39. The van der Waals surface area contributed by atoms with Gasteiger partial charge in [0.15, 0.2) is 5.69 Å². The third-order valence-electron chi connectivity index (χ3n) is 8.10. The molecule has 16 heteroatoms. The molecule has 45 heavy (non-hydrogen) atoms. The summed E-state index contributed by atoms with van der Waals surface area (Å²) >= 11 is 0. The van der Waals surface area contributed by atoms with Crippen LogP contribution in [0.2, 0.25) is 0 Å². The Labute approximate surface area is 256 Å². The van der Waals surface area contributed by atoms with Crippen molar-refractivity contribution < 1.29 is 31.8 Å². The van der Waals surface area contributed by atoms with Crippen LogP contribution in [0.4, 0.5) is 8.78 Å². The fourth-order valence-electron chi connectivity index (χ4n) is 5.72. The molecule has 0 unspecified atom stereocenters. The highest BCUT2D eigenvalue weighted by atomic mass is 32.2. The van der Waals surface area contributed by atoms with Crippen molar-refractivity contribution in [3.8, 4) is 11.4 Å². The zero-order chi connectivity index (χ0) is 32.1. The van der Waals surface area contributed by atoms with Crippen molar-refractivity contribution in [3.05, 3.63) is 93.2 Å². The van der Waals surface area contributed by atoms with E-state index in [0.717, 1.165) is 6.07 Å².